The zero-order valence-corrected chi connectivity index (χ0v) is 11.3. The van der Waals surface area contributed by atoms with Crippen LogP contribution in [0.5, 0.6) is 0 Å². The van der Waals surface area contributed by atoms with Gasteiger partial charge in [-0.25, -0.2) is 9.07 Å². The number of rotatable bonds is 6. The van der Waals surface area contributed by atoms with Crippen molar-refractivity contribution in [1.82, 2.24) is 15.0 Å². The van der Waals surface area contributed by atoms with Crippen LogP contribution in [0.1, 0.15) is 25.0 Å². The summed E-state index contributed by atoms with van der Waals surface area (Å²) >= 11 is 5.78. The van der Waals surface area contributed by atoms with Crippen molar-refractivity contribution in [1.29, 1.82) is 0 Å². The fourth-order valence-corrected chi connectivity index (χ4v) is 2.01. The predicted octanol–water partition coefficient (Wildman–Crippen LogP) is 2.86. The maximum atomic E-state index is 13.2. The number of aliphatic carboxylic acids is 1. The molecule has 1 heterocycles. The van der Waals surface area contributed by atoms with E-state index in [1.165, 1.54) is 16.8 Å². The lowest BCUT2D eigenvalue weighted by Gasteiger charge is -2.00. The molecule has 2 rings (SSSR count). The molecule has 0 atom stereocenters. The van der Waals surface area contributed by atoms with Crippen molar-refractivity contribution >= 4 is 17.6 Å². The smallest absolute Gasteiger partial charge is 0.303 e. The van der Waals surface area contributed by atoms with Gasteiger partial charge in [0.05, 0.1) is 17.6 Å². The van der Waals surface area contributed by atoms with Crippen LogP contribution in [0.25, 0.3) is 5.69 Å². The number of benzene rings is 1. The van der Waals surface area contributed by atoms with Crippen molar-refractivity contribution in [3.05, 3.63) is 40.9 Å². The van der Waals surface area contributed by atoms with Gasteiger partial charge in [0.2, 0.25) is 0 Å². The Morgan fingerprint density at radius 3 is 2.85 bits per heavy atom. The number of halogens is 2. The van der Waals surface area contributed by atoms with Crippen LogP contribution < -0.4 is 0 Å². The Morgan fingerprint density at radius 2 is 2.15 bits per heavy atom. The van der Waals surface area contributed by atoms with Gasteiger partial charge in [0, 0.05) is 11.4 Å². The van der Waals surface area contributed by atoms with Crippen LogP contribution in [-0.2, 0) is 11.2 Å². The summed E-state index contributed by atoms with van der Waals surface area (Å²) in [6.07, 6.45) is 3.78. The van der Waals surface area contributed by atoms with Gasteiger partial charge in [-0.1, -0.05) is 16.8 Å². The van der Waals surface area contributed by atoms with Gasteiger partial charge in [0.25, 0.3) is 0 Å². The summed E-state index contributed by atoms with van der Waals surface area (Å²) < 4.78 is 14.7. The maximum absolute atomic E-state index is 13.2. The van der Waals surface area contributed by atoms with E-state index < -0.39 is 11.8 Å². The van der Waals surface area contributed by atoms with E-state index in [0.29, 0.717) is 23.6 Å². The first kappa shape index (κ1) is 14.5. The standard InChI is InChI=1S/C13H13ClFN3O2/c14-9-5-10(15)7-12(6-9)18-8-11(16-17-18)3-1-2-4-13(19)20/h5-8H,1-4H2,(H,19,20). The number of hydrogen-bond acceptors (Lipinski definition) is 3. The second-order valence-corrected chi connectivity index (χ2v) is 4.82. The van der Waals surface area contributed by atoms with Crippen LogP contribution in [0.4, 0.5) is 4.39 Å². The molecular formula is C13H13ClFN3O2. The zero-order valence-electron chi connectivity index (χ0n) is 10.6. The van der Waals surface area contributed by atoms with E-state index in [2.05, 4.69) is 10.3 Å². The van der Waals surface area contributed by atoms with Crippen molar-refractivity contribution in [2.75, 3.05) is 0 Å². The maximum Gasteiger partial charge on any atom is 0.303 e. The molecule has 0 radical (unpaired) electrons. The largest absolute Gasteiger partial charge is 0.481 e. The molecule has 0 unspecified atom stereocenters. The summed E-state index contributed by atoms with van der Waals surface area (Å²) in [6.45, 7) is 0. The summed E-state index contributed by atoms with van der Waals surface area (Å²) in [4.78, 5) is 10.4. The number of carboxylic acid groups (broad SMARTS) is 1. The van der Waals surface area contributed by atoms with Crippen LogP contribution in [0, 0.1) is 5.82 Å². The van der Waals surface area contributed by atoms with Gasteiger partial charge in [-0.3, -0.25) is 4.79 Å². The second kappa shape index (κ2) is 6.47. The Bertz CT molecular complexity index is 595. The SMILES string of the molecule is O=C(O)CCCCc1cn(-c2cc(F)cc(Cl)c2)nn1. The van der Waals surface area contributed by atoms with Gasteiger partial charge in [0.1, 0.15) is 5.82 Å². The van der Waals surface area contributed by atoms with E-state index >= 15 is 0 Å². The topological polar surface area (TPSA) is 68.0 Å². The third kappa shape index (κ3) is 4.03. The number of nitrogens with zero attached hydrogens (tertiary/aromatic N) is 3. The minimum absolute atomic E-state index is 0.146. The average Bonchev–Trinajstić information content (AvgIpc) is 2.82. The molecule has 0 aliphatic heterocycles. The Hall–Kier alpha value is -1.95. The highest BCUT2D eigenvalue weighted by Gasteiger charge is 2.06. The van der Waals surface area contributed by atoms with E-state index in [1.54, 1.807) is 12.3 Å². The molecule has 1 aromatic carbocycles. The Balaban J connectivity index is 1.99. The predicted molar refractivity (Wildman–Crippen MR) is 71.5 cm³/mol. The minimum Gasteiger partial charge on any atom is -0.481 e. The number of carbonyl (C=O) groups is 1. The van der Waals surface area contributed by atoms with Crippen LogP contribution in [0.3, 0.4) is 0 Å². The molecule has 0 aliphatic carbocycles. The number of unbranched alkanes of at least 4 members (excludes halogenated alkanes) is 1. The first-order chi connectivity index (χ1) is 9.54. The molecule has 1 N–H and O–H groups in total. The lowest BCUT2D eigenvalue weighted by molar-refractivity contribution is -0.137. The van der Waals surface area contributed by atoms with Crippen LogP contribution >= 0.6 is 11.6 Å². The summed E-state index contributed by atoms with van der Waals surface area (Å²) in [5.74, 6) is -1.24. The molecule has 20 heavy (non-hydrogen) atoms. The van der Waals surface area contributed by atoms with Crippen molar-refractivity contribution in [2.45, 2.75) is 25.7 Å². The second-order valence-electron chi connectivity index (χ2n) is 4.38. The van der Waals surface area contributed by atoms with Crippen molar-refractivity contribution < 1.29 is 14.3 Å². The molecule has 0 spiro atoms. The molecule has 1 aromatic heterocycles. The Labute approximate surface area is 120 Å². The van der Waals surface area contributed by atoms with Crippen molar-refractivity contribution in [3.8, 4) is 5.69 Å². The molecule has 0 saturated carbocycles. The van der Waals surface area contributed by atoms with E-state index in [9.17, 15) is 9.18 Å². The van der Waals surface area contributed by atoms with Crippen LogP contribution in [-0.4, -0.2) is 26.1 Å². The lowest BCUT2D eigenvalue weighted by atomic mass is 10.1. The van der Waals surface area contributed by atoms with Crippen LogP contribution in [0.2, 0.25) is 5.02 Å². The molecule has 5 nitrogen and oxygen atoms in total. The van der Waals surface area contributed by atoms with Crippen molar-refractivity contribution in [3.63, 3.8) is 0 Å². The highest BCUT2D eigenvalue weighted by atomic mass is 35.5. The molecule has 0 bridgehead atoms. The zero-order chi connectivity index (χ0) is 14.5. The summed E-state index contributed by atoms with van der Waals surface area (Å²) in [5, 5.41) is 16.7. The third-order valence-electron chi connectivity index (χ3n) is 2.73. The third-order valence-corrected chi connectivity index (χ3v) is 2.94. The van der Waals surface area contributed by atoms with Crippen molar-refractivity contribution in [2.24, 2.45) is 0 Å². The Morgan fingerprint density at radius 1 is 1.35 bits per heavy atom. The first-order valence-corrected chi connectivity index (χ1v) is 6.52. The molecule has 0 fully saturated rings. The molecule has 2 aromatic rings. The van der Waals surface area contributed by atoms with E-state index in [-0.39, 0.29) is 6.42 Å². The summed E-state index contributed by atoms with van der Waals surface area (Å²) in [5.41, 5.74) is 1.23. The molecular weight excluding hydrogens is 285 g/mol. The lowest BCUT2D eigenvalue weighted by Crippen LogP contribution is -1.95. The van der Waals surface area contributed by atoms with E-state index in [4.69, 9.17) is 16.7 Å². The average molecular weight is 298 g/mol. The monoisotopic (exact) mass is 297 g/mol. The van der Waals surface area contributed by atoms with E-state index in [0.717, 1.165) is 12.1 Å². The van der Waals surface area contributed by atoms with Crippen LogP contribution in [0.15, 0.2) is 24.4 Å². The Kier molecular flexibility index (Phi) is 4.68. The fourth-order valence-electron chi connectivity index (χ4n) is 1.79. The summed E-state index contributed by atoms with van der Waals surface area (Å²) in [7, 11) is 0. The minimum atomic E-state index is -0.803. The highest BCUT2D eigenvalue weighted by molar-refractivity contribution is 6.30. The normalized spacial score (nSPS) is 10.7. The van der Waals surface area contributed by atoms with E-state index in [1.807, 2.05) is 0 Å². The number of hydrogen-bond donors (Lipinski definition) is 1. The van der Waals surface area contributed by atoms with Gasteiger partial charge >= 0.3 is 5.97 Å². The molecule has 7 heteroatoms. The van der Waals surface area contributed by atoms with Gasteiger partial charge in [-0.05, 0) is 37.5 Å². The summed E-state index contributed by atoms with van der Waals surface area (Å²) in [6, 6.07) is 4.12. The fraction of sp³-hybridized carbons (Fsp3) is 0.308. The van der Waals surface area contributed by atoms with Gasteiger partial charge in [-0.2, -0.15) is 0 Å². The molecule has 0 amide bonds. The number of carboxylic acids is 1. The molecule has 0 saturated heterocycles. The first-order valence-electron chi connectivity index (χ1n) is 6.14. The highest BCUT2D eigenvalue weighted by Crippen LogP contribution is 2.17. The number of aryl methyl sites for hydroxylation is 1. The van der Waals surface area contributed by atoms with Gasteiger partial charge in [0.15, 0.2) is 0 Å². The quantitative estimate of drug-likeness (QED) is 0.833. The van der Waals surface area contributed by atoms with Gasteiger partial charge < -0.3 is 5.11 Å². The molecule has 0 aliphatic rings. The number of aromatic nitrogens is 3. The molecule has 106 valence electrons. The van der Waals surface area contributed by atoms with Gasteiger partial charge in [-0.15, -0.1) is 5.10 Å².